The minimum atomic E-state index is -0.308. The number of aromatic nitrogens is 3. The summed E-state index contributed by atoms with van der Waals surface area (Å²) < 4.78 is 14.8. The van der Waals surface area contributed by atoms with Crippen LogP contribution in [0.2, 0.25) is 0 Å². The van der Waals surface area contributed by atoms with Crippen LogP contribution < -0.4 is 5.32 Å². The summed E-state index contributed by atoms with van der Waals surface area (Å²) >= 11 is 0. The van der Waals surface area contributed by atoms with E-state index in [1.807, 2.05) is 6.92 Å². The number of nitrogens with one attached hydrogen (secondary N) is 1. The van der Waals surface area contributed by atoms with E-state index in [9.17, 15) is 9.18 Å². The summed E-state index contributed by atoms with van der Waals surface area (Å²) in [6.07, 6.45) is 2.65. The highest BCUT2D eigenvalue weighted by Crippen LogP contribution is 2.20. The highest BCUT2D eigenvalue weighted by Gasteiger charge is 2.15. The van der Waals surface area contributed by atoms with Crippen molar-refractivity contribution in [2.75, 3.05) is 6.54 Å². The summed E-state index contributed by atoms with van der Waals surface area (Å²) in [6.45, 7) is 2.60. The Bertz CT molecular complexity index is 811. The lowest BCUT2D eigenvalue weighted by Gasteiger charge is -2.05. The lowest BCUT2D eigenvalue weighted by atomic mass is 10.2. The number of fused-ring (bicyclic) bond motifs is 1. The van der Waals surface area contributed by atoms with Gasteiger partial charge >= 0.3 is 0 Å². The molecule has 2 heterocycles. The number of hydrogen-bond acceptors (Lipinski definition) is 3. The van der Waals surface area contributed by atoms with Crippen molar-refractivity contribution < 1.29 is 9.18 Å². The molecule has 0 radical (unpaired) electrons. The van der Waals surface area contributed by atoms with E-state index in [1.165, 1.54) is 12.1 Å². The van der Waals surface area contributed by atoms with Gasteiger partial charge in [-0.2, -0.15) is 0 Å². The number of nitrogens with zero attached hydrogens (tertiary/aromatic N) is 3. The average Bonchev–Trinajstić information content (AvgIpc) is 2.97. The monoisotopic (exact) mass is 298 g/mol. The van der Waals surface area contributed by atoms with Gasteiger partial charge in [0.1, 0.15) is 5.82 Å². The first-order chi connectivity index (χ1) is 10.7. The molecule has 0 bridgehead atoms. The third kappa shape index (κ3) is 2.55. The molecule has 3 rings (SSSR count). The Labute approximate surface area is 126 Å². The van der Waals surface area contributed by atoms with Gasteiger partial charge in [-0.25, -0.2) is 4.39 Å². The van der Waals surface area contributed by atoms with Crippen LogP contribution in [0.1, 0.15) is 23.7 Å². The van der Waals surface area contributed by atoms with Crippen LogP contribution in [0.15, 0.2) is 42.6 Å². The molecule has 6 heteroatoms. The average molecular weight is 298 g/mol. The predicted molar refractivity (Wildman–Crippen MR) is 81.0 cm³/mol. The zero-order valence-corrected chi connectivity index (χ0v) is 12.1. The molecule has 112 valence electrons. The normalized spacial score (nSPS) is 10.8. The molecule has 0 spiro atoms. The molecule has 3 aromatic rings. The van der Waals surface area contributed by atoms with E-state index in [2.05, 4.69) is 15.5 Å². The number of carbonyl (C=O) groups is 1. The van der Waals surface area contributed by atoms with Crippen LogP contribution in [0.3, 0.4) is 0 Å². The number of pyridine rings is 1. The van der Waals surface area contributed by atoms with Crippen molar-refractivity contribution in [1.82, 2.24) is 19.9 Å². The third-order valence-corrected chi connectivity index (χ3v) is 3.32. The Kier molecular flexibility index (Phi) is 3.82. The van der Waals surface area contributed by atoms with Crippen LogP contribution in [0, 0.1) is 5.82 Å². The van der Waals surface area contributed by atoms with Crippen molar-refractivity contribution in [3.63, 3.8) is 0 Å². The van der Waals surface area contributed by atoms with Gasteiger partial charge in [0.2, 0.25) is 0 Å². The molecule has 5 nitrogen and oxygen atoms in total. The van der Waals surface area contributed by atoms with E-state index in [0.717, 1.165) is 12.0 Å². The van der Waals surface area contributed by atoms with Gasteiger partial charge in [0.25, 0.3) is 5.91 Å². The molecule has 1 amide bonds. The molecule has 22 heavy (non-hydrogen) atoms. The molecule has 0 aliphatic carbocycles. The van der Waals surface area contributed by atoms with E-state index in [-0.39, 0.29) is 11.7 Å². The second-order valence-corrected chi connectivity index (χ2v) is 4.90. The first kappa shape index (κ1) is 14.2. The molecule has 0 fully saturated rings. The predicted octanol–water partition coefficient (Wildman–Crippen LogP) is 2.68. The Hall–Kier alpha value is -2.76. The SMILES string of the molecule is CCCNC(=O)c1cccn2c(-c3ccc(F)cc3)nnc12. The molecule has 0 atom stereocenters. The minimum absolute atomic E-state index is 0.175. The zero-order valence-electron chi connectivity index (χ0n) is 12.1. The van der Waals surface area contributed by atoms with Crippen LogP contribution >= 0.6 is 0 Å². The fraction of sp³-hybridized carbons (Fsp3) is 0.188. The summed E-state index contributed by atoms with van der Waals surface area (Å²) in [5.41, 5.74) is 1.69. The summed E-state index contributed by atoms with van der Waals surface area (Å²) in [6, 6.07) is 9.49. The van der Waals surface area contributed by atoms with E-state index in [0.29, 0.717) is 23.6 Å². The van der Waals surface area contributed by atoms with Crippen LogP contribution in [-0.2, 0) is 0 Å². The van der Waals surface area contributed by atoms with Crippen molar-refractivity contribution in [1.29, 1.82) is 0 Å². The number of halogens is 1. The standard InChI is InChI=1S/C16H15FN4O/c1-2-9-18-16(22)13-4-3-10-21-14(19-20-15(13)21)11-5-7-12(17)8-6-11/h3-8,10H,2,9H2,1H3,(H,18,22). The van der Waals surface area contributed by atoms with Crippen molar-refractivity contribution in [2.45, 2.75) is 13.3 Å². The molecular formula is C16H15FN4O. The first-order valence-corrected chi connectivity index (χ1v) is 7.08. The van der Waals surface area contributed by atoms with Crippen LogP contribution in [0.5, 0.6) is 0 Å². The number of rotatable bonds is 4. The molecule has 0 unspecified atom stereocenters. The Morgan fingerprint density at radius 2 is 2.00 bits per heavy atom. The quantitative estimate of drug-likeness (QED) is 0.805. The smallest absolute Gasteiger partial charge is 0.255 e. The fourth-order valence-electron chi connectivity index (χ4n) is 2.22. The second-order valence-electron chi connectivity index (χ2n) is 4.90. The fourth-order valence-corrected chi connectivity index (χ4v) is 2.22. The maximum Gasteiger partial charge on any atom is 0.255 e. The van der Waals surface area contributed by atoms with Gasteiger partial charge in [-0.3, -0.25) is 9.20 Å². The number of hydrogen-bond donors (Lipinski definition) is 1. The molecule has 1 aromatic carbocycles. The summed E-state index contributed by atoms with van der Waals surface area (Å²) in [5, 5.41) is 11.1. The van der Waals surface area contributed by atoms with Gasteiger partial charge in [-0.1, -0.05) is 6.92 Å². The van der Waals surface area contributed by atoms with Crippen molar-refractivity contribution in [3.05, 3.63) is 54.0 Å². The van der Waals surface area contributed by atoms with Gasteiger partial charge in [-0.05, 0) is 42.8 Å². The Balaban J connectivity index is 2.05. The van der Waals surface area contributed by atoms with Crippen molar-refractivity contribution >= 4 is 11.6 Å². The summed E-state index contributed by atoms with van der Waals surface area (Å²) in [7, 11) is 0. The largest absolute Gasteiger partial charge is 0.352 e. The highest BCUT2D eigenvalue weighted by atomic mass is 19.1. The van der Waals surface area contributed by atoms with Crippen molar-refractivity contribution in [3.8, 4) is 11.4 Å². The molecule has 0 aliphatic heterocycles. The molecule has 0 saturated carbocycles. The van der Waals surface area contributed by atoms with E-state index < -0.39 is 0 Å². The molecule has 0 saturated heterocycles. The molecular weight excluding hydrogens is 283 g/mol. The summed E-state index contributed by atoms with van der Waals surface area (Å²) in [5.74, 6) is 0.0860. The highest BCUT2D eigenvalue weighted by molar-refractivity contribution is 5.99. The van der Waals surface area contributed by atoms with Gasteiger partial charge < -0.3 is 5.32 Å². The van der Waals surface area contributed by atoms with Gasteiger partial charge in [-0.15, -0.1) is 10.2 Å². The number of benzene rings is 1. The topological polar surface area (TPSA) is 59.3 Å². The lowest BCUT2D eigenvalue weighted by Crippen LogP contribution is -2.24. The number of carbonyl (C=O) groups excluding carboxylic acids is 1. The summed E-state index contributed by atoms with van der Waals surface area (Å²) in [4.78, 5) is 12.2. The lowest BCUT2D eigenvalue weighted by molar-refractivity contribution is 0.0955. The third-order valence-electron chi connectivity index (χ3n) is 3.32. The van der Waals surface area contributed by atoms with Crippen molar-refractivity contribution in [2.24, 2.45) is 0 Å². The van der Waals surface area contributed by atoms with Crippen LogP contribution in [0.25, 0.3) is 17.0 Å². The Morgan fingerprint density at radius 3 is 2.73 bits per heavy atom. The minimum Gasteiger partial charge on any atom is -0.352 e. The molecule has 1 N–H and O–H groups in total. The maximum absolute atomic E-state index is 13.0. The Morgan fingerprint density at radius 1 is 1.23 bits per heavy atom. The van der Waals surface area contributed by atoms with E-state index >= 15 is 0 Å². The van der Waals surface area contributed by atoms with Crippen LogP contribution in [0.4, 0.5) is 4.39 Å². The maximum atomic E-state index is 13.0. The van der Waals surface area contributed by atoms with Gasteiger partial charge in [0.15, 0.2) is 11.5 Å². The zero-order chi connectivity index (χ0) is 15.5. The molecule has 2 aromatic heterocycles. The van der Waals surface area contributed by atoms with E-state index in [1.54, 1.807) is 34.9 Å². The second kappa shape index (κ2) is 5.93. The first-order valence-electron chi connectivity index (χ1n) is 7.08. The van der Waals surface area contributed by atoms with E-state index in [4.69, 9.17) is 0 Å². The van der Waals surface area contributed by atoms with Gasteiger partial charge in [0.05, 0.1) is 5.56 Å². The molecule has 0 aliphatic rings. The van der Waals surface area contributed by atoms with Gasteiger partial charge in [0, 0.05) is 18.3 Å². The van der Waals surface area contributed by atoms with Crippen LogP contribution in [-0.4, -0.2) is 27.0 Å². The number of amides is 1.